The highest BCUT2D eigenvalue weighted by Gasteiger charge is 2.09. The Morgan fingerprint density at radius 3 is 2.72 bits per heavy atom. The molecule has 1 rings (SSSR count). The molecule has 100 valence electrons. The normalized spacial score (nSPS) is 10.6. The maximum atomic E-state index is 11.0. The van der Waals surface area contributed by atoms with E-state index in [2.05, 4.69) is 10.2 Å². The lowest BCUT2D eigenvalue weighted by Crippen LogP contribution is -2.14. The predicted molar refractivity (Wildman–Crippen MR) is 74.1 cm³/mol. The summed E-state index contributed by atoms with van der Waals surface area (Å²) in [7, 11) is 4.08. The van der Waals surface area contributed by atoms with E-state index in [1.165, 1.54) is 6.07 Å². The number of carboxylic acids is 1. The second-order valence-electron chi connectivity index (χ2n) is 4.55. The Balaban J connectivity index is 2.49. The Bertz CT molecular complexity index is 405. The Labute approximate surface area is 108 Å². The van der Waals surface area contributed by atoms with Gasteiger partial charge in [-0.05, 0) is 51.7 Å². The van der Waals surface area contributed by atoms with Crippen LogP contribution in [0.15, 0.2) is 18.2 Å². The van der Waals surface area contributed by atoms with Crippen molar-refractivity contribution in [3.05, 3.63) is 23.8 Å². The second kappa shape index (κ2) is 6.86. The Hall–Kier alpha value is -1.75. The summed E-state index contributed by atoms with van der Waals surface area (Å²) in [5.41, 5.74) is 6.89. The maximum absolute atomic E-state index is 11.0. The van der Waals surface area contributed by atoms with Crippen LogP contribution >= 0.6 is 0 Å². The van der Waals surface area contributed by atoms with Gasteiger partial charge in [-0.25, -0.2) is 4.79 Å². The van der Waals surface area contributed by atoms with Gasteiger partial charge in [-0.1, -0.05) is 0 Å². The Morgan fingerprint density at radius 1 is 1.39 bits per heavy atom. The molecule has 0 atom stereocenters. The van der Waals surface area contributed by atoms with Crippen LogP contribution in [-0.2, 0) is 0 Å². The highest BCUT2D eigenvalue weighted by Crippen LogP contribution is 2.18. The van der Waals surface area contributed by atoms with Gasteiger partial charge in [0.15, 0.2) is 0 Å². The molecule has 0 bridgehead atoms. The molecule has 0 aromatic heterocycles. The van der Waals surface area contributed by atoms with Crippen molar-refractivity contribution in [1.29, 1.82) is 0 Å². The number of hydrogen-bond donors (Lipinski definition) is 3. The Kier molecular flexibility index (Phi) is 5.45. The molecule has 5 heteroatoms. The van der Waals surface area contributed by atoms with Gasteiger partial charge in [0.05, 0.1) is 5.56 Å². The molecule has 0 aliphatic heterocycles. The average Bonchev–Trinajstić information content (AvgIpc) is 2.29. The minimum Gasteiger partial charge on any atom is -0.478 e. The third-order valence-electron chi connectivity index (χ3n) is 2.62. The topological polar surface area (TPSA) is 78.6 Å². The van der Waals surface area contributed by atoms with Gasteiger partial charge in [0.2, 0.25) is 0 Å². The van der Waals surface area contributed by atoms with E-state index in [1.54, 1.807) is 12.1 Å². The lowest BCUT2D eigenvalue weighted by atomic mass is 10.1. The minimum absolute atomic E-state index is 0.225. The number of carbonyl (C=O) groups is 1. The summed E-state index contributed by atoms with van der Waals surface area (Å²) in [6, 6.07) is 4.89. The SMILES string of the molecule is CN(C)CCCCNc1ccc(N)cc1C(=O)O. The largest absolute Gasteiger partial charge is 0.478 e. The van der Waals surface area contributed by atoms with E-state index in [1.807, 2.05) is 14.1 Å². The number of hydrogen-bond acceptors (Lipinski definition) is 4. The van der Waals surface area contributed by atoms with Gasteiger partial charge in [0.25, 0.3) is 0 Å². The number of nitrogens with two attached hydrogens (primary N) is 1. The summed E-state index contributed by atoms with van der Waals surface area (Å²) >= 11 is 0. The molecule has 0 fully saturated rings. The van der Waals surface area contributed by atoms with Crippen LogP contribution in [0.1, 0.15) is 23.2 Å². The van der Waals surface area contributed by atoms with Gasteiger partial charge in [-0.2, -0.15) is 0 Å². The molecular formula is C13H21N3O2. The lowest BCUT2D eigenvalue weighted by Gasteiger charge is -2.12. The summed E-state index contributed by atoms with van der Waals surface area (Å²) in [4.78, 5) is 13.2. The molecule has 0 spiro atoms. The fraction of sp³-hybridized carbons (Fsp3) is 0.462. The summed E-state index contributed by atoms with van der Waals surface area (Å²) in [6.07, 6.45) is 2.08. The van der Waals surface area contributed by atoms with E-state index in [4.69, 9.17) is 10.8 Å². The first-order valence-corrected chi connectivity index (χ1v) is 6.02. The van der Waals surface area contributed by atoms with Gasteiger partial charge in [0.1, 0.15) is 0 Å². The highest BCUT2D eigenvalue weighted by atomic mass is 16.4. The predicted octanol–water partition coefficient (Wildman–Crippen LogP) is 1.72. The quantitative estimate of drug-likeness (QED) is 0.508. The number of benzene rings is 1. The van der Waals surface area contributed by atoms with Gasteiger partial charge in [-0.3, -0.25) is 0 Å². The first-order valence-electron chi connectivity index (χ1n) is 6.02. The van der Waals surface area contributed by atoms with Crippen molar-refractivity contribution in [3.63, 3.8) is 0 Å². The smallest absolute Gasteiger partial charge is 0.337 e. The number of nitrogens with one attached hydrogen (secondary N) is 1. The van der Waals surface area contributed by atoms with Crippen LogP contribution in [0.4, 0.5) is 11.4 Å². The third kappa shape index (κ3) is 4.63. The van der Waals surface area contributed by atoms with E-state index >= 15 is 0 Å². The van der Waals surface area contributed by atoms with E-state index in [-0.39, 0.29) is 5.56 Å². The van der Waals surface area contributed by atoms with E-state index in [0.717, 1.165) is 25.9 Å². The summed E-state index contributed by atoms with van der Waals surface area (Å²) in [5, 5.41) is 12.2. The molecule has 0 saturated heterocycles. The van der Waals surface area contributed by atoms with Gasteiger partial charge >= 0.3 is 5.97 Å². The molecule has 18 heavy (non-hydrogen) atoms. The molecule has 1 aromatic carbocycles. The van der Waals surface area contributed by atoms with E-state index in [0.29, 0.717) is 11.4 Å². The van der Waals surface area contributed by atoms with Gasteiger partial charge < -0.3 is 21.1 Å². The molecule has 5 nitrogen and oxygen atoms in total. The Morgan fingerprint density at radius 2 is 2.11 bits per heavy atom. The number of aromatic carboxylic acids is 1. The van der Waals surface area contributed by atoms with Crippen LogP contribution in [0.5, 0.6) is 0 Å². The molecule has 0 aliphatic rings. The monoisotopic (exact) mass is 251 g/mol. The fourth-order valence-corrected chi connectivity index (χ4v) is 1.67. The van der Waals surface area contributed by atoms with Crippen LogP contribution in [-0.4, -0.2) is 43.2 Å². The van der Waals surface area contributed by atoms with Crippen molar-refractivity contribution >= 4 is 17.3 Å². The van der Waals surface area contributed by atoms with E-state index in [9.17, 15) is 4.79 Å². The zero-order chi connectivity index (χ0) is 13.5. The molecule has 0 saturated carbocycles. The maximum Gasteiger partial charge on any atom is 0.337 e. The zero-order valence-electron chi connectivity index (χ0n) is 10.9. The van der Waals surface area contributed by atoms with Crippen molar-refractivity contribution in [2.45, 2.75) is 12.8 Å². The van der Waals surface area contributed by atoms with Crippen molar-refractivity contribution in [2.24, 2.45) is 0 Å². The first kappa shape index (κ1) is 14.3. The molecular weight excluding hydrogens is 230 g/mol. The molecule has 0 radical (unpaired) electrons. The number of rotatable bonds is 7. The second-order valence-corrected chi connectivity index (χ2v) is 4.55. The molecule has 0 aliphatic carbocycles. The first-order chi connectivity index (χ1) is 8.50. The summed E-state index contributed by atoms with van der Waals surface area (Å²) in [5.74, 6) is -0.960. The standard InChI is InChI=1S/C13H21N3O2/c1-16(2)8-4-3-7-15-12-6-5-10(14)9-11(12)13(17)18/h5-6,9,15H,3-4,7-8,14H2,1-2H3,(H,17,18). The zero-order valence-corrected chi connectivity index (χ0v) is 10.9. The molecule has 4 N–H and O–H groups in total. The van der Waals surface area contributed by atoms with Crippen molar-refractivity contribution in [3.8, 4) is 0 Å². The number of carboxylic acid groups (broad SMARTS) is 1. The molecule has 0 unspecified atom stereocenters. The van der Waals surface area contributed by atoms with Crippen LogP contribution in [0, 0.1) is 0 Å². The van der Waals surface area contributed by atoms with Crippen molar-refractivity contribution in [2.75, 3.05) is 38.2 Å². The number of unbranched alkanes of at least 4 members (excludes halogenated alkanes) is 1. The van der Waals surface area contributed by atoms with Crippen LogP contribution in [0.3, 0.4) is 0 Å². The third-order valence-corrected chi connectivity index (χ3v) is 2.62. The minimum atomic E-state index is -0.960. The molecule has 0 heterocycles. The summed E-state index contributed by atoms with van der Waals surface area (Å²) < 4.78 is 0. The fourth-order valence-electron chi connectivity index (χ4n) is 1.67. The molecule has 1 aromatic rings. The summed E-state index contributed by atoms with van der Waals surface area (Å²) in [6.45, 7) is 1.80. The van der Waals surface area contributed by atoms with Gasteiger partial charge in [0, 0.05) is 17.9 Å². The van der Waals surface area contributed by atoms with Crippen LogP contribution in [0.25, 0.3) is 0 Å². The number of nitrogens with zero attached hydrogens (tertiary/aromatic N) is 1. The number of nitrogen functional groups attached to an aromatic ring is 1. The lowest BCUT2D eigenvalue weighted by molar-refractivity contribution is 0.0698. The van der Waals surface area contributed by atoms with Crippen molar-refractivity contribution in [1.82, 2.24) is 4.90 Å². The average molecular weight is 251 g/mol. The molecule has 0 amide bonds. The van der Waals surface area contributed by atoms with E-state index < -0.39 is 5.97 Å². The van der Waals surface area contributed by atoms with Crippen LogP contribution < -0.4 is 11.1 Å². The van der Waals surface area contributed by atoms with Crippen molar-refractivity contribution < 1.29 is 9.90 Å². The van der Waals surface area contributed by atoms with Crippen LogP contribution in [0.2, 0.25) is 0 Å². The van der Waals surface area contributed by atoms with Gasteiger partial charge in [-0.15, -0.1) is 0 Å². The number of anilines is 2. The highest BCUT2D eigenvalue weighted by molar-refractivity contribution is 5.95.